The van der Waals surface area contributed by atoms with Crippen LogP contribution in [0, 0.1) is 6.92 Å². The van der Waals surface area contributed by atoms with Crippen LogP contribution in [-0.2, 0) is 0 Å². The van der Waals surface area contributed by atoms with Crippen molar-refractivity contribution >= 4 is 39.4 Å². The molecule has 2 aliphatic rings. The Balaban J connectivity index is 1.62. The van der Waals surface area contributed by atoms with Crippen LogP contribution in [0.1, 0.15) is 47.8 Å². The lowest BCUT2D eigenvalue weighted by Gasteiger charge is -2.16. The van der Waals surface area contributed by atoms with Gasteiger partial charge in [-0.15, -0.1) is 0 Å². The van der Waals surface area contributed by atoms with E-state index in [9.17, 15) is 9.59 Å². The lowest BCUT2D eigenvalue weighted by Crippen LogP contribution is -2.26. The van der Waals surface area contributed by atoms with E-state index in [-0.39, 0.29) is 28.6 Å². The molecule has 1 aromatic carbocycles. The monoisotopic (exact) mass is 462 g/mol. The summed E-state index contributed by atoms with van der Waals surface area (Å²) in [5.74, 6) is 0.222. The van der Waals surface area contributed by atoms with Crippen LogP contribution in [0.3, 0.4) is 0 Å². The molecule has 7 nitrogen and oxygen atoms in total. The molecule has 2 fully saturated rings. The summed E-state index contributed by atoms with van der Waals surface area (Å²) in [7, 11) is 1.54. The smallest absolute Gasteiger partial charge is 0.259 e. The molecule has 0 radical (unpaired) electrons. The summed E-state index contributed by atoms with van der Waals surface area (Å²) in [6.45, 7) is 1.98. The van der Waals surface area contributed by atoms with E-state index >= 15 is 0 Å². The molecule has 6 rings (SSSR count). The number of aryl methyl sites for hydroxylation is 1. The predicted octanol–water partition coefficient (Wildman–Crippen LogP) is 4.74. The number of hydrogen-bond acceptors (Lipinski definition) is 4. The second-order valence-corrected chi connectivity index (χ2v) is 9.40. The topological polar surface area (TPSA) is 89.0 Å². The van der Waals surface area contributed by atoms with Crippen molar-refractivity contribution < 1.29 is 9.53 Å². The fourth-order valence-electron chi connectivity index (χ4n) is 4.47. The Labute approximate surface area is 194 Å². The lowest BCUT2D eigenvalue weighted by molar-refractivity contribution is 0.0951. The van der Waals surface area contributed by atoms with E-state index < -0.39 is 0 Å². The summed E-state index contributed by atoms with van der Waals surface area (Å²) in [4.78, 5) is 34.5. The Morgan fingerprint density at radius 1 is 1.18 bits per heavy atom. The minimum absolute atomic E-state index is 0.125. The van der Waals surface area contributed by atoms with Gasteiger partial charge in [-0.2, -0.15) is 0 Å². The molecule has 2 N–H and O–H groups in total. The number of rotatable bonds is 5. The molecule has 1 amide bonds. The third kappa shape index (κ3) is 3.38. The van der Waals surface area contributed by atoms with E-state index in [2.05, 4.69) is 15.3 Å². The van der Waals surface area contributed by atoms with Gasteiger partial charge in [0.05, 0.1) is 23.2 Å². The van der Waals surface area contributed by atoms with Crippen LogP contribution in [-0.4, -0.2) is 33.6 Å². The molecular weight excluding hydrogens is 440 g/mol. The summed E-state index contributed by atoms with van der Waals surface area (Å²) in [5.41, 5.74) is 3.75. The molecule has 0 unspecified atom stereocenters. The highest BCUT2D eigenvalue weighted by Gasteiger charge is 2.30. The molecule has 8 heteroatoms. The summed E-state index contributed by atoms with van der Waals surface area (Å²) >= 11 is 6.75. The van der Waals surface area contributed by atoms with E-state index in [0.717, 1.165) is 53.3 Å². The fraction of sp³-hybridized carbons (Fsp3) is 0.320. The first-order valence-corrected chi connectivity index (χ1v) is 11.5. The normalized spacial score (nSPS) is 15.8. The average molecular weight is 463 g/mol. The van der Waals surface area contributed by atoms with Gasteiger partial charge >= 0.3 is 0 Å². The number of H-pyrrole nitrogens is 1. The molecule has 0 atom stereocenters. The molecule has 2 saturated carbocycles. The number of benzene rings is 1. The molecular formula is C25H23ClN4O3. The van der Waals surface area contributed by atoms with Crippen molar-refractivity contribution in [2.75, 3.05) is 7.11 Å². The highest BCUT2D eigenvalue weighted by molar-refractivity contribution is 6.36. The maximum absolute atomic E-state index is 13.9. The van der Waals surface area contributed by atoms with Crippen LogP contribution >= 0.6 is 11.6 Å². The fourth-order valence-corrected chi connectivity index (χ4v) is 4.77. The third-order valence-electron chi connectivity index (χ3n) is 6.42. The van der Waals surface area contributed by atoms with Crippen LogP contribution in [0.15, 0.2) is 35.3 Å². The number of halogens is 1. The van der Waals surface area contributed by atoms with Gasteiger partial charge in [-0.25, -0.2) is 4.98 Å². The second kappa shape index (κ2) is 7.35. The zero-order valence-electron chi connectivity index (χ0n) is 18.4. The van der Waals surface area contributed by atoms with E-state index in [1.165, 1.54) is 7.11 Å². The molecule has 0 saturated heterocycles. The Morgan fingerprint density at radius 3 is 2.67 bits per heavy atom. The highest BCUT2D eigenvalue weighted by Crippen LogP contribution is 2.40. The van der Waals surface area contributed by atoms with Crippen molar-refractivity contribution in [2.24, 2.45) is 0 Å². The number of carbonyl (C=O) groups is 1. The van der Waals surface area contributed by atoms with Crippen molar-refractivity contribution in [3.8, 4) is 16.9 Å². The number of ether oxygens (including phenoxy) is 1. The van der Waals surface area contributed by atoms with E-state index in [1.54, 1.807) is 18.3 Å². The van der Waals surface area contributed by atoms with Gasteiger partial charge < -0.3 is 19.6 Å². The molecule has 0 aliphatic heterocycles. The molecule has 168 valence electrons. The molecule has 2 aliphatic carbocycles. The zero-order valence-corrected chi connectivity index (χ0v) is 19.1. The van der Waals surface area contributed by atoms with Crippen molar-refractivity contribution in [1.29, 1.82) is 0 Å². The molecule has 0 spiro atoms. The first kappa shape index (κ1) is 20.3. The maximum atomic E-state index is 13.9. The van der Waals surface area contributed by atoms with Gasteiger partial charge in [-0.1, -0.05) is 11.6 Å². The number of hydrogen-bond donors (Lipinski definition) is 2. The standard InChI is InChI=1S/C25H23ClN4O3/c1-12-7-20-22-13(11-27-23(20)28-12)8-18(25(32)30(22)15-5-6-15)17-9-16(33-2)10-19(21(17)26)24(31)29-14-3-4-14/h7-11,14-15H,3-6H2,1-2H3,(H,27,28)(H,29,31). The van der Waals surface area contributed by atoms with Crippen LogP contribution in [0.5, 0.6) is 5.75 Å². The zero-order chi connectivity index (χ0) is 22.9. The largest absolute Gasteiger partial charge is 0.497 e. The summed E-state index contributed by atoms with van der Waals surface area (Å²) in [6.07, 6.45) is 5.62. The van der Waals surface area contributed by atoms with E-state index in [4.69, 9.17) is 16.3 Å². The Kier molecular flexibility index (Phi) is 4.52. The Hall–Kier alpha value is -3.32. The van der Waals surface area contributed by atoms with E-state index in [1.807, 2.05) is 23.6 Å². The maximum Gasteiger partial charge on any atom is 0.259 e. The Bertz CT molecular complexity index is 1510. The summed E-state index contributed by atoms with van der Waals surface area (Å²) < 4.78 is 7.33. The van der Waals surface area contributed by atoms with Gasteiger partial charge in [0.1, 0.15) is 11.4 Å². The minimum Gasteiger partial charge on any atom is -0.497 e. The number of amides is 1. The van der Waals surface area contributed by atoms with Crippen LogP contribution in [0.2, 0.25) is 5.02 Å². The minimum atomic E-state index is -0.253. The highest BCUT2D eigenvalue weighted by atomic mass is 35.5. The van der Waals surface area contributed by atoms with Gasteiger partial charge in [-0.05, 0) is 56.9 Å². The van der Waals surface area contributed by atoms with Gasteiger partial charge in [-0.3, -0.25) is 9.59 Å². The number of aromatic amines is 1. The predicted molar refractivity (Wildman–Crippen MR) is 128 cm³/mol. The first-order valence-electron chi connectivity index (χ1n) is 11.2. The van der Waals surface area contributed by atoms with Crippen molar-refractivity contribution in [1.82, 2.24) is 19.9 Å². The Morgan fingerprint density at radius 2 is 1.97 bits per heavy atom. The number of methoxy groups -OCH3 is 1. The number of fused-ring (bicyclic) bond motifs is 3. The number of pyridine rings is 2. The number of nitrogens with zero attached hydrogens (tertiary/aromatic N) is 2. The lowest BCUT2D eigenvalue weighted by atomic mass is 10.0. The SMILES string of the molecule is COc1cc(C(=O)NC2CC2)c(Cl)c(-c2cc3cnc4[nH]c(C)cc4c3n(C3CC3)c2=O)c1. The quantitative estimate of drug-likeness (QED) is 0.448. The second-order valence-electron chi connectivity index (χ2n) is 9.03. The van der Waals surface area contributed by atoms with Crippen LogP contribution in [0.25, 0.3) is 33.1 Å². The third-order valence-corrected chi connectivity index (χ3v) is 6.83. The number of aromatic nitrogens is 3. The molecule has 0 bridgehead atoms. The van der Waals surface area contributed by atoms with Crippen molar-refractivity contribution in [2.45, 2.75) is 44.7 Å². The van der Waals surface area contributed by atoms with Crippen molar-refractivity contribution in [3.05, 3.63) is 57.1 Å². The first-order chi connectivity index (χ1) is 15.9. The van der Waals surface area contributed by atoms with Gasteiger partial charge in [0.2, 0.25) is 0 Å². The average Bonchev–Trinajstić information content (AvgIpc) is 3.72. The molecule has 3 aromatic heterocycles. The van der Waals surface area contributed by atoms with Crippen LogP contribution in [0.4, 0.5) is 0 Å². The van der Waals surface area contributed by atoms with Crippen LogP contribution < -0.4 is 15.6 Å². The number of carbonyl (C=O) groups excluding carboxylic acids is 1. The summed E-state index contributed by atoms with van der Waals surface area (Å²) in [6, 6.07) is 7.54. The van der Waals surface area contributed by atoms with E-state index in [0.29, 0.717) is 22.4 Å². The summed E-state index contributed by atoms with van der Waals surface area (Å²) in [5, 5.41) is 5.01. The van der Waals surface area contributed by atoms with Gasteiger partial charge in [0, 0.05) is 45.9 Å². The molecule has 4 aromatic rings. The van der Waals surface area contributed by atoms with Gasteiger partial charge in [0.25, 0.3) is 11.5 Å². The number of nitrogens with one attached hydrogen (secondary N) is 2. The van der Waals surface area contributed by atoms with Gasteiger partial charge in [0.15, 0.2) is 0 Å². The molecule has 33 heavy (non-hydrogen) atoms. The van der Waals surface area contributed by atoms with Crippen molar-refractivity contribution in [3.63, 3.8) is 0 Å². The molecule has 3 heterocycles.